The Labute approximate surface area is 109 Å². The molecule has 1 aromatic rings. The van der Waals surface area contributed by atoms with Gasteiger partial charge in [0.1, 0.15) is 0 Å². The third kappa shape index (κ3) is 5.71. The van der Waals surface area contributed by atoms with E-state index in [0.717, 1.165) is 5.56 Å². The molecule has 0 aliphatic heterocycles. The van der Waals surface area contributed by atoms with Crippen LogP contribution in [0.25, 0.3) is 0 Å². The Morgan fingerprint density at radius 1 is 1.41 bits per heavy atom. The van der Waals surface area contributed by atoms with Crippen LogP contribution in [0.2, 0.25) is 0 Å². The molecule has 0 fully saturated rings. The van der Waals surface area contributed by atoms with Gasteiger partial charge in [0.2, 0.25) is 5.91 Å². The Kier molecular flexibility index (Phi) is 7.59. The predicted octanol–water partition coefficient (Wildman–Crippen LogP) is 1.89. The molecule has 1 amide bonds. The van der Waals surface area contributed by atoms with Crippen LogP contribution in [-0.4, -0.2) is 19.5 Å². The van der Waals surface area contributed by atoms with Gasteiger partial charge < -0.3 is 10.6 Å². The summed E-state index contributed by atoms with van der Waals surface area (Å²) in [5.41, 5.74) is 2.36. The number of amides is 1. The van der Waals surface area contributed by atoms with E-state index in [9.17, 15) is 4.79 Å². The normalized spacial score (nSPS) is 11.5. The van der Waals surface area contributed by atoms with Crippen molar-refractivity contribution < 1.29 is 4.79 Å². The van der Waals surface area contributed by atoms with Crippen LogP contribution in [0.1, 0.15) is 18.1 Å². The first-order valence-corrected chi connectivity index (χ1v) is 5.61. The zero-order valence-corrected chi connectivity index (χ0v) is 11.4. The fourth-order valence-corrected chi connectivity index (χ4v) is 1.58. The minimum Gasteiger partial charge on any atom is -0.352 e. The lowest BCUT2D eigenvalue weighted by Crippen LogP contribution is -2.33. The molecule has 1 unspecified atom stereocenters. The summed E-state index contributed by atoms with van der Waals surface area (Å²) in [4.78, 5) is 11.6. The molecule has 0 aromatic heterocycles. The van der Waals surface area contributed by atoms with E-state index in [1.165, 1.54) is 5.56 Å². The van der Waals surface area contributed by atoms with Gasteiger partial charge in [-0.1, -0.05) is 36.8 Å². The fourth-order valence-electron chi connectivity index (χ4n) is 1.58. The Hall–Kier alpha value is -1.06. The lowest BCUT2D eigenvalue weighted by molar-refractivity contribution is -0.124. The van der Waals surface area contributed by atoms with Crippen LogP contribution in [0, 0.1) is 12.8 Å². The van der Waals surface area contributed by atoms with Gasteiger partial charge >= 0.3 is 0 Å². The molecule has 0 saturated carbocycles. The van der Waals surface area contributed by atoms with E-state index in [1.54, 1.807) is 0 Å². The highest BCUT2D eigenvalue weighted by molar-refractivity contribution is 5.85. The first-order valence-electron chi connectivity index (χ1n) is 5.61. The number of carbonyl (C=O) groups excluding carboxylic acids is 1. The third-order valence-electron chi connectivity index (χ3n) is 2.51. The average Bonchev–Trinajstić information content (AvgIpc) is 2.26. The van der Waals surface area contributed by atoms with Crippen LogP contribution in [0.4, 0.5) is 0 Å². The molecule has 1 rings (SSSR count). The average molecular weight is 257 g/mol. The molecule has 96 valence electrons. The first kappa shape index (κ1) is 15.9. The van der Waals surface area contributed by atoms with Crippen molar-refractivity contribution in [1.82, 2.24) is 10.6 Å². The lowest BCUT2D eigenvalue weighted by Gasteiger charge is -2.11. The highest BCUT2D eigenvalue weighted by atomic mass is 35.5. The van der Waals surface area contributed by atoms with E-state index in [-0.39, 0.29) is 24.2 Å². The van der Waals surface area contributed by atoms with Crippen LogP contribution >= 0.6 is 12.4 Å². The molecule has 4 heteroatoms. The van der Waals surface area contributed by atoms with Gasteiger partial charge in [0.15, 0.2) is 0 Å². The standard InChI is InChI=1S/C13H20N2O.ClH/c1-10-5-4-6-12(7-10)9-15-13(16)11(2)8-14-3;/h4-7,11,14H,8-9H2,1-3H3,(H,15,16);1H. The van der Waals surface area contributed by atoms with Crippen molar-refractivity contribution in [2.75, 3.05) is 13.6 Å². The zero-order chi connectivity index (χ0) is 12.0. The summed E-state index contributed by atoms with van der Waals surface area (Å²) >= 11 is 0. The highest BCUT2D eigenvalue weighted by Gasteiger charge is 2.10. The molecule has 0 aliphatic rings. The second-order valence-corrected chi connectivity index (χ2v) is 4.17. The highest BCUT2D eigenvalue weighted by Crippen LogP contribution is 2.03. The second-order valence-electron chi connectivity index (χ2n) is 4.17. The van der Waals surface area contributed by atoms with Crippen LogP contribution in [0.3, 0.4) is 0 Å². The van der Waals surface area contributed by atoms with Crippen molar-refractivity contribution in [3.8, 4) is 0 Å². The Balaban J connectivity index is 0.00000256. The van der Waals surface area contributed by atoms with E-state index in [0.29, 0.717) is 13.1 Å². The molecule has 1 aromatic carbocycles. The fraction of sp³-hybridized carbons (Fsp3) is 0.462. The molecule has 0 saturated heterocycles. The Bertz CT molecular complexity index is 355. The Morgan fingerprint density at radius 3 is 2.71 bits per heavy atom. The van der Waals surface area contributed by atoms with Crippen molar-refractivity contribution in [3.63, 3.8) is 0 Å². The molecular formula is C13H21ClN2O. The minimum atomic E-state index is 0. The summed E-state index contributed by atoms with van der Waals surface area (Å²) in [7, 11) is 1.85. The van der Waals surface area contributed by atoms with Gasteiger partial charge in [-0.05, 0) is 19.5 Å². The number of hydrogen-bond acceptors (Lipinski definition) is 2. The molecule has 0 aliphatic carbocycles. The van der Waals surface area contributed by atoms with Crippen molar-refractivity contribution >= 4 is 18.3 Å². The maximum atomic E-state index is 11.6. The SMILES string of the molecule is CNCC(C)C(=O)NCc1cccc(C)c1.Cl. The van der Waals surface area contributed by atoms with E-state index in [4.69, 9.17) is 0 Å². The molecule has 17 heavy (non-hydrogen) atoms. The largest absolute Gasteiger partial charge is 0.352 e. The van der Waals surface area contributed by atoms with E-state index in [1.807, 2.05) is 26.1 Å². The van der Waals surface area contributed by atoms with Crippen molar-refractivity contribution in [2.24, 2.45) is 5.92 Å². The van der Waals surface area contributed by atoms with Gasteiger partial charge in [0.25, 0.3) is 0 Å². The maximum absolute atomic E-state index is 11.6. The number of benzene rings is 1. The van der Waals surface area contributed by atoms with Gasteiger partial charge in [-0.2, -0.15) is 0 Å². The summed E-state index contributed by atoms with van der Waals surface area (Å²) in [6, 6.07) is 8.17. The minimum absolute atomic E-state index is 0. The predicted molar refractivity (Wildman–Crippen MR) is 73.4 cm³/mol. The topological polar surface area (TPSA) is 41.1 Å². The second kappa shape index (κ2) is 8.09. The first-order chi connectivity index (χ1) is 7.63. The van der Waals surface area contributed by atoms with E-state index < -0.39 is 0 Å². The molecule has 0 radical (unpaired) electrons. The summed E-state index contributed by atoms with van der Waals surface area (Å²) < 4.78 is 0. The van der Waals surface area contributed by atoms with Gasteiger partial charge in [0, 0.05) is 19.0 Å². The Morgan fingerprint density at radius 2 is 2.12 bits per heavy atom. The number of nitrogens with one attached hydrogen (secondary N) is 2. The monoisotopic (exact) mass is 256 g/mol. The number of halogens is 1. The molecule has 3 nitrogen and oxygen atoms in total. The van der Waals surface area contributed by atoms with Crippen LogP contribution in [-0.2, 0) is 11.3 Å². The van der Waals surface area contributed by atoms with Gasteiger partial charge in [0.05, 0.1) is 0 Å². The summed E-state index contributed by atoms with van der Waals surface area (Å²) in [6.07, 6.45) is 0. The summed E-state index contributed by atoms with van der Waals surface area (Å²) in [5.74, 6) is 0.102. The number of aryl methyl sites for hydroxylation is 1. The van der Waals surface area contributed by atoms with Crippen LogP contribution in [0.5, 0.6) is 0 Å². The van der Waals surface area contributed by atoms with Crippen molar-refractivity contribution in [3.05, 3.63) is 35.4 Å². The lowest BCUT2D eigenvalue weighted by atomic mass is 10.1. The summed E-state index contributed by atoms with van der Waals surface area (Å²) in [5, 5.41) is 5.93. The van der Waals surface area contributed by atoms with Crippen molar-refractivity contribution in [1.29, 1.82) is 0 Å². The quantitative estimate of drug-likeness (QED) is 0.845. The van der Waals surface area contributed by atoms with Gasteiger partial charge in [-0.3, -0.25) is 4.79 Å². The maximum Gasteiger partial charge on any atom is 0.224 e. The van der Waals surface area contributed by atoms with Gasteiger partial charge in [-0.15, -0.1) is 12.4 Å². The summed E-state index contributed by atoms with van der Waals surface area (Å²) in [6.45, 7) is 5.28. The van der Waals surface area contributed by atoms with E-state index >= 15 is 0 Å². The molecular weight excluding hydrogens is 236 g/mol. The van der Waals surface area contributed by atoms with E-state index in [2.05, 4.69) is 29.7 Å². The van der Waals surface area contributed by atoms with Crippen molar-refractivity contribution in [2.45, 2.75) is 20.4 Å². The van der Waals surface area contributed by atoms with Gasteiger partial charge in [-0.25, -0.2) is 0 Å². The molecule has 0 spiro atoms. The van der Waals surface area contributed by atoms with Crippen LogP contribution in [0.15, 0.2) is 24.3 Å². The van der Waals surface area contributed by atoms with Crippen LogP contribution < -0.4 is 10.6 Å². The molecule has 0 bridgehead atoms. The molecule has 2 N–H and O–H groups in total. The smallest absolute Gasteiger partial charge is 0.224 e. The third-order valence-corrected chi connectivity index (χ3v) is 2.51. The molecule has 1 atom stereocenters. The number of hydrogen-bond donors (Lipinski definition) is 2. The number of carbonyl (C=O) groups is 1. The molecule has 0 heterocycles. The zero-order valence-electron chi connectivity index (χ0n) is 10.6. The number of rotatable bonds is 5.